The number of hydrogen-bond donors (Lipinski definition) is 0. The maximum atomic E-state index is 12.7. The second kappa shape index (κ2) is 6.64. The van der Waals surface area contributed by atoms with Crippen LogP contribution >= 0.6 is 11.6 Å². The Balaban J connectivity index is 2.39. The molecule has 0 bridgehead atoms. The van der Waals surface area contributed by atoms with Crippen molar-refractivity contribution in [3.8, 4) is 11.5 Å². The van der Waals surface area contributed by atoms with E-state index in [1.54, 1.807) is 12.1 Å². The Morgan fingerprint density at radius 3 is 2.19 bits per heavy atom. The van der Waals surface area contributed by atoms with Gasteiger partial charge in [-0.3, -0.25) is 4.79 Å². The summed E-state index contributed by atoms with van der Waals surface area (Å²) in [6.45, 7) is 1.87. The lowest BCUT2D eigenvalue weighted by Crippen LogP contribution is -2.10. The summed E-state index contributed by atoms with van der Waals surface area (Å²) in [4.78, 5) is 12.7. The molecule has 0 aliphatic heterocycles. The Bertz CT molecular complexity index is 638. The molecule has 0 aliphatic rings. The summed E-state index contributed by atoms with van der Waals surface area (Å²) in [5.74, 6) is 0.672. The molecule has 2 aromatic carbocycles. The molecule has 0 fully saturated rings. The van der Waals surface area contributed by atoms with Crippen LogP contribution in [0.25, 0.3) is 0 Å². The van der Waals surface area contributed by atoms with Crippen molar-refractivity contribution in [1.82, 2.24) is 0 Å². The van der Waals surface area contributed by atoms with Crippen LogP contribution in [0.2, 0.25) is 5.02 Å². The number of rotatable bonds is 5. The molecule has 2 aromatic rings. The van der Waals surface area contributed by atoms with Gasteiger partial charge in [-0.05, 0) is 11.6 Å². The standard InChI is InChI=1S/C17H17ClO3/c1-11(12-7-5-4-6-8-12)17(19)13-9-15(20-2)16(21-3)10-14(13)18/h4-11H,1-3H3. The summed E-state index contributed by atoms with van der Waals surface area (Å²) in [5.41, 5.74) is 1.39. The fraction of sp³-hybridized carbons (Fsp3) is 0.235. The van der Waals surface area contributed by atoms with E-state index < -0.39 is 0 Å². The summed E-state index contributed by atoms with van der Waals surface area (Å²) < 4.78 is 10.4. The fourth-order valence-corrected chi connectivity index (χ4v) is 2.42. The van der Waals surface area contributed by atoms with E-state index >= 15 is 0 Å². The molecule has 0 N–H and O–H groups in total. The van der Waals surface area contributed by atoms with Gasteiger partial charge in [0.15, 0.2) is 17.3 Å². The van der Waals surface area contributed by atoms with Gasteiger partial charge >= 0.3 is 0 Å². The third kappa shape index (κ3) is 3.19. The van der Waals surface area contributed by atoms with Gasteiger partial charge in [0.25, 0.3) is 0 Å². The van der Waals surface area contributed by atoms with Crippen molar-refractivity contribution in [2.45, 2.75) is 12.8 Å². The maximum absolute atomic E-state index is 12.7. The molecular formula is C17H17ClO3. The van der Waals surface area contributed by atoms with Gasteiger partial charge in [-0.15, -0.1) is 0 Å². The van der Waals surface area contributed by atoms with Gasteiger partial charge in [-0.2, -0.15) is 0 Å². The second-order valence-electron chi connectivity index (χ2n) is 4.68. The first kappa shape index (κ1) is 15.4. The van der Waals surface area contributed by atoms with Gasteiger partial charge in [0.2, 0.25) is 0 Å². The van der Waals surface area contributed by atoms with Crippen LogP contribution in [0.4, 0.5) is 0 Å². The number of methoxy groups -OCH3 is 2. The SMILES string of the molecule is COc1cc(Cl)c(C(=O)C(C)c2ccccc2)cc1OC. The zero-order valence-electron chi connectivity index (χ0n) is 12.2. The third-order valence-electron chi connectivity index (χ3n) is 3.43. The molecule has 0 radical (unpaired) electrons. The number of Topliss-reactive ketones (excluding diaryl/α,β-unsaturated/α-hetero) is 1. The monoisotopic (exact) mass is 304 g/mol. The van der Waals surface area contributed by atoms with Gasteiger partial charge in [0.1, 0.15) is 0 Å². The lowest BCUT2D eigenvalue weighted by molar-refractivity contribution is 0.0966. The van der Waals surface area contributed by atoms with E-state index in [1.165, 1.54) is 14.2 Å². The summed E-state index contributed by atoms with van der Waals surface area (Å²) in [7, 11) is 3.06. The average molecular weight is 305 g/mol. The highest BCUT2D eigenvalue weighted by molar-refractivity contribution is 6.34. The van der Waals surface area contributed by atoms with Crippen LogP contribution in [0.1, 0.15) is 28.8 Å². The Morgan fingerprint density at radius 2 is 1.62 bits per heavy atom. The third-order valence-corrected chi connectivity index (χ3v) is 3.74. The van der Waals surface area contributed by atoms with Crippen molar-refractivity contribution < 1.29 is 14.3 Å². The number of carbonyl (C=O) groups is 1. The molecule has 1 unspecified atom stereocenters. The van der Waals surface area contributed by atoms with Crippen molar-refractivity contribution in [3.05, 3.63) is 58.6 Å². The molecule has 0 aromatic heterocycles. The first-order valence-electron chi connectivity index (χ1n) is 6.59. The van der Waals surface area contributed by atoms with Crippen LogP contribution < -0.4 is 9.47 Å². The Morgan fingerprint density at radius 1 is 1.05 bits per heavy atom. The predicted molar refractivity (Wildman–Crippen MR) is 83.7 cm³/mol. The van der Waals surface area contributed by atoms with Crippen molar-refractivity contribution in [1.29, 1.82) is 0 Å². The molecule has 1 atom stereocenters. The van der Waals surface area contributed by atoms with Crippen molar-refractivity contribution in [3.63, 3.8) is 0 Å². The van der Waals surface area contributed by atoms with Gasteiger partial charge < -0.3 is 9.47 Å². The maximum Gasteiger partial charge on any atom is 0.171 e. The van der Waals surface area contributed by atoms with Crippen LogP contribution in [0.5, 0.6) is 11.5 Å². The van der Waals surface area contributed by atoms with E-state index in [0.29, 0.717) is 22.1 Å². The van der Waals surface area contributed by atoms with Crippen molar-refractivity contribution in [2.75, 3.05) is 14.2 Å². The minimum Gasteiger partial charge on any atom is -0.493 e. The molecular weight excluding hydrogens is 288 g/mol. The van der Waals surface area contributed by atoms with E-state index in [0.717, 1.165) is 5.56 Å². The lowest BCUT2D eigenvalue weighted by Gasteiger charge is -2.15. The number of carbonyl (C=O) groups excluding carboxylic acids is 1. The van der Waals surface area contributed by atoms with Crippen LogP contribution in [0, 0.1) is 0 Å². The predicted octanol–water partition coefficient (Wildman–Crippen LogP) is 4.34. The molecule has 0 heterocycles. The molecule has 21 heavy (non-hydrogen) atoms. The first-order chi connectivity index (χ1) is 10.1. The number of benzene rings is 2. The summed E-state index contributed by atoms with van der Waals surface area (Å²) >= 11 is 6.21. The van der Waals surface area contributed by atoms with E-state index in [-0.39, 0.29) is 11.7 Å². The molecule has 0 saturated carbocycles. The Kier molecular flexibility index (Phi) is 4.86. The Labute approximate surface area is 129 Å². The fourth-order valence-electron chi connectivity index (χ4n) is 2.17. The van der Waals surface area contributed by atoms with Gasteiger partial charge in [-0.1, -0.05) is 48.9 Å². The zero-order valence-corrected chi connectivity index (χ0v) is 13.0. The highest BCUT2D eigenvalue weighted by atomic mass is 35.5. The smallest absolute Gasteiger partial charge is 0.171 e. The molecule has 4 heteroatoms. The van der Waals surface area contributed by atoms with Crippen LogP contribution in [-0.4, -0.2) is 20.0 Å². The van der Waals surface area contributed by atoms with Crippen LogP contribution in [-0.2, 0) is 0 Å². The number of ketones is 1. The number of ether oxygens (including phenoxy) is 2. The molecule has 0 saturated heterocycles. The topological polar surface area (TPSA) is 35.5 Å². The van der Waals surface area contributed by atoms with E-state index in [1.807, 2.05) is 37.3 Å². The molecule has 3 nitrogen and oxygen atoms in total. The van der Waals surface area contributed by atoms with Crippen LogP contribution in [0.3, 0.4) is 0 Å². The normalized spacial score (nSPS) is 11.8. The van der Waals surface area contributed by atoms with E-state index in [4.69, 9.17) is 21.1 Å². The largest absolute Gasteiger partial charge is 0.493 e. The summed E-state index contributed by atoms with van der Waals surface area (Å²) in [6.07, 6.45) is 0. The number of halogens is 1. The molecule has 0 spiro atoms. The van der Waals surface area contributed by atoms with Gasteiger partial charge in [0, 0.05) is 17.5 Å². The summed E-state index contributed by atoms with van der Waals surface area (Å²) in [6, 6.07) is 12.8. The molecule has 0 aliphatic carbocycles. The van der Waals surface area contributed by atoms with Crippen molar-refractivity contribution in [2.24, 2.45) is 0 Å². The van der Waals surface area contributed by atoms with Gasteiger partial charge in [0.05, 0.1) is 19.2 Å². The molecule has 0 amide bonds. The molecule has 2 rings (SSSR count). The van der Waals surface area contributed by atoms with Gasteiger partial charge in [-0.25, -0.2) is 0 Å². The Hall–Kier alpha value is -2.00. The quantitative estimate of drug-likeness (QED) is 0.771. The highest BCUT2D eigenvalue weighted by Gasteiger charge is 2.21. The highest BCUT2D eigenvalue weighted by Crippen LogP contribution is 2.35. The minimum atomic E-state index is -0.276. The second-order valence-corrected chi connectivity index (χ2v) is 5.09. The van der Waals surface area contributed by atoms with E-state index in [9.17, 15) is 4.79 Å². The lowest BCUT2D eigenvalue weighted by atomic mass is 9.92. The van der Waals surface area contributed by atoms with Crippen molar-refractivity contribution >= 4 is 17.4 Å². The zero-order chi connectivity index (χ0) is 15.4. The minimum absolute atomic E-state index is 0.0489. The first-order valence-corrected chi connectivity index (χ1v) is 6.97. The molecule has 110 valence electrons. The number of hydrogen-bond acceptors (Lipinski definition) is 3. The van der Waals surface area contributed by atoms with Crippen LogP contribution in [0.15, 0.2) is 42.5 Å². The van der Waals surface area contributed by atoms with E-state index in [2.05, 4.69) is 0 Å². The summed E-state index contributed by atoms with van der Waals surface area (Å²) in [5, 5.41) is 0.362. The average Bonchev–Trinajstić information content (AvgIpc) is 2.54.